The van der Waals surface area contributed by atoms with E-state index in [0.29, 0.717) is 39.0 Å². The van der Waals surface area contributed by atoms with Crippen molar-refractivity contribution in [3.63, 3.8) is 0 Å². The summed E-state index contributed by atoms with van der Waals surface area (Å²) in [5.74, 6) is -0.355. The van der Waals surface area contributed by atoms with Crippen molar-refractivity contribution >= 4 is 55.7 Å². The van der Waals surface area contributed by atoms with E-state index in [0.717, 1.165) is 49.5 Å². The van der Waals surface area contributed by atoms with Gasteiger partial charge in [-0.05, 0) is 49.7 Å². The molecule has 6 rings (SSSR count). The van der Waals surface area contributed by atoms with Gasteiger partial charge in [-0.25, -0.2) is 4.98 Å². The molecule has 1 aliphatic heterocycles. The van der Waals surface area contributed by atoms with Crippen LogP contribution in [0.2, 0.25) is 5.02 Å². The molecule has 1 amide bonds. The van der Waals surface area contributed by atoms with E-state index in [-0.39, 0.29) is 23.6 Å². The van der Waals surface area contributed by atoms with Crippen LogP contribution in [0.15, 0.2) is 64.2 Å². The van der Waals surface area contributed by atoms with Gasteiger partial charge in [0.05, 0.1) is 34.3 Å². The summed E-state index contributed by atoms with van der Waals surface area (Å²) in [4.78, 5) is 47.6. The fourth-order valence-electron chi connectivity index (χ4n) is 5.27. The zero-order valence-electron chi connectivity index (χ0n) is 22.5. The molecule has 0 atom stereocenters. The van der Waals surface area contributed by atoms with Crippen molar-refractivity contribution in [2.75, 3.05) is 38.2 Å². The molecule has 0 bridgehead atoms. The number of pyridine rings is 1. The molecular formula is C29H29ClN6O4S. The van der Waals surface area contributed by atoms with Crippen molar-refractivity contribution in [2.45, 2.75) is 26.4 Å². The highest BCUT2D eigenvalue weighted by Crippen LogP contribution is 2.26. The van der Waals surface area contributed by atoms with Crippen LogP contribution in [0.3, 0.4) is 0 Å². The molecule has 41 heavy (non-hydrogen) atoms. The van der Waals surface area contributed by atoms with Crippen molar-refractivity contribution < 1.29 is 9.53 Å². The van der Waals surface area contributed by atoms with Gasteiger partial charge in [-0.2, -0.15) is 4.68 Å². The van der Waals surface area contributed by atoms with Gasteiger partial charge in [0, 0.05) is 48.6 Å². The van der Waals surface area contributed by atoms with Gasteiger partial charge in [0.2, 0.25) is 11.0 Å². The van der Waals surface area contributed by atoms with Crippen LogP contribution in [0.25, 0.3) is 26.3 Å². The summed E-state index contributed by atoms with van der Waals surface area (Å²) in [5.41, 5.74) is 1.76. The molecule has 12 heteroatoms. The minimum atomic E-state index is -0.355. The second-order valence-electron chi connectivity index (χ2n) is 9.98. The molecule has 2 aromatic carbocycles. The second kappa shape index (κ2) is 11.6. The number of halogens is 1. The predicted octanol–water partition coefficient (Wildman–Crippen LogP) is 3.89. The fraction of sp³-hybridized carbons (Fsp3) is 0.310. The van der Waals surface area contributed by atoms with Crippen molar-refractivity contribution in [2.24, 2.45) is 0 Å². The lowest BCUT2D eigenvalue weighted by Crippen LogP contribution is -2.37. The van der Waals surface area contributed by atoms with Crippen LogP contribution >= 0.6 is 22.9 Å². The number of nitrogens with zero attached hydrogens (tertiary/aromatic N) is 5. The maximum absolute atomic E-state index is 14.0. The number of hydrogen-bond acceptors (Lipinski definition) is 7. The Bertz CT molecular complexity index is 1820. The normalized spacial score (nSPS) is 14.2. The largest absolute Gasteiger partial charge is 0.379 e. The number of hydrogen-bond donors (Lipinski definition) is 1. The average Bonchev–Trinajstić information content (AvgIpc) is 3.50. The highest BCUT2D eigenvalue weighted by atomic mass is 35.5. The lowest BCUT2D eigenvalue weighted by Gasteiger charge is -2.26. The van der Waals surface area contributed by atoms with E-state index in [1.165, 1.54) is 22.1 Å². The van der Waals surface area contributed by atoms with Crippen LogP contribution in [0, 0.1) is 6.92 Å². The third kappa shape index (κ3) is 5.58. The van der Waals surface area contributed by atoms with Gasteiger partial charge in [0.25, 0.3) is 11.1 Å². The van der Waals surface area contributed by atoms with Crippen LogP contribution in [-0.4, -0.2) is 62.6 Å². The number of aryl methyl sites for hydroxylation is 1. The Morgan fingerprint density at radius 1 is 1.07 bits per heavy atom. The van der Waals surface area contributed by atoms with Crippen molar-refractivity contribution in [1.82, 2.24) is 23.8 Å². The number of anilines is 1. The van der Waals surface area contributed by atoms with Crippen LogP contribution in [0.4, 0.5) is 5.69 Å². The molecule has 1 saturated heterocycles. The van der Waals surface area contributed by atoms with E-state index in [4.69, 9.17) is 21.3 Å². The van der Waals surface area contributed by atoms with Gasteiger partial charge < -0.3 is 14.6 Å². The quantitative estimate of drug-likeness (QED) is 0.293. The highest BCUT2D eigenvalue weighted by molar-refractivity contribution is 7.20. The summed E-state index contributed by atoms with van der Waals surface area (Å²) in [6.45, 7) is 6.11. The molecule has 0 aliphatic carbocycles. The number of aromatic nitrogens is 4. The number of amides is 1. The first kappa shape index (κ1) is 27.4. The Hall–Kier alpha value is -3.77. The van der Waals surface area contributed by atoms with Gasteiger partial charge in [-0.3, -0.25) is 24.0 Å². The Balaban J connectivity index is 1.40. The summed E-state index contributed by atoms with van der Waals surface area (Å²) in [6.07, 6.45) is 0.766. The lowest BCUT2D eigenvalue weighted by atomic mass is 10.2. The Morgan fingerprint density at radius 3 is 2.59 bits per heavy atom. The van der Waals surface area contributed by atoms with Crippen molar-refractivity contribution in [3.05, 3.63) is 86.0 Å². The van der Waals surface area contributed by atoms with Gasteiger partial charge in [-0.15, -0.1) is 0 Å². The zero-order valence-corrected chi connectivity index (χ0v) is 24.1. The molecule has 212 valence electrons. The van der Waals surface area contributed by atoms with E-state index in [1.807, 2.05) is 24.3 Å². The first-order valence-electron chi connectivity index (χ1n) is 13.5. The molecule has 0 radical (unpaired) electrons. The Morgan fingerprint density at radius 2 is 1.83 bits per heavy atom. The maximum atomic E-state index is 14.0. The molecule has 0 spiro atoms. The minimum absolute atomic E-state index is 0.197. The Kier molecular flexibility index (Phi) is 7.76. The average molecular weight is 593 g/mol. The third-order valence-corrected chi connectivity index (χ3v) is 8.58. The van der Waals surface area contributed by atoms with Crippen molar-refractivity contribution in [1.29, 1.82) is 0 Å². The monoisotopic (exact) mass is 592 g/mol. The number of thiazole rings is 1. The van der Waals surface area contributed by atoms with Crippen LogP contribution < -0.4 is 16.4 Å². The summed E-state index contributed by atoms with van der Waals surface area (Å²) >= 11 is 7.34. The highest BCUT2D eigenvalue weighted by Gasteiger charge is 2.23. The molecule has 4 heterocycles. The van der Waals surface area contributed by atoms with Gasteiger partial charge in [0.15, 0.2) is 0 Å². The van der Waals surface area contributed by atoms with Crippen LogP contribution in [0.5, 0.6) is 0 Å². The molecule has 3 aromatic heterocycles. The number of para-hydroxylation sites is 1. The van der Waals surface area contributed by atoms with E-state index in [2.05, 4.69) is 10.2 Å². The summed E-state index contributed by atoms with van der Waals surface area (Å²) in [7, 11) is 0. The number of benzene rings is 2. The van der Waals surface area contributed by atoms with Crippen LogP contribution in [-0.2, 0) is 22.6 Å². The molecular weight excluding hydrogens is 564 g/mol. The Labute approximate surface area is 244 Å². The number of morpholine rings is 1. The van der Waals surface area contributed by atoms with E-state index in [1.54, 1.807) is 40.4 Å². The van der Waals surface area contributed by atoms with Gasteiger partial charge >= 0.3 is 0 Å². The molecule has 0 saturated carbocycles. The number of fused-ring (bicyclic) bond motifs is 2. The zero-order chi connectivity index (χ0) is 28.5. The van der Waals surface area contributed by atoms with Crippen LogP contribution in [0.1, 0.15) is 12.1 Å². The molecule has 1 N–H and O–H groups in total. The van der Waals surface area contributed by atoms with E-state index in [9.17, 15) is 14.4 Å². The summed E-state index contributed by atoms with van der Waals surface area (Å²) < 4.78 is 11.0. The first-order chi connectivity index (χ1) is 19.9. The van der Waals surface area contributed by atoms with E-state index >= 15 is 0 Å². The SMILES string of the molecule is Cc1c2c(=O)n(-c3nc4ccccc4s3)n(CC(=O)Nc3ccc(Cl)cc3)c2cc(=O)n1CCCN1CCOCC1. The summed E-state index contributed by atoms with van der Waals surface area (Å²) in [5, 5.41) is 4.23. The smallest absolute Gasteiger partial charge is 0.283 e. The lowest BCUT2D eigenvalue weighted by molar-refractivity contribution is -0.116. The molecule has 5 aromatic rings. The minimum Gasteiger partial charge on any atom is -0.379 e. The third-order valence-electron chi connectivity index (χ3n) is 7.32. The van der Waals surface area contributed by atoms with Gasteiger partial charge in [-0.1, -0.05) is 35.1 Å². The predicted molar refractivity (Wildman–Crippen MR) is 162 cm³/mol. The topological polar surface area (TPSA) is 103 Å². The number of nitrogens with one attached hydrogen (secondary N) is 1. The first-order valence-corrected chi connectivity index (χ1v) is 14.7. The standard InChI is InChI=1S/C29H29ClN6O4S/c1-19-27-23(17-26(38)34(19)12-4-11-33-13-15-40-16-14-33)35(18-25(37)31-21-9-7-20(30)8-10-21)36(28(27)39)29-32-22-5-2-3-6-24(22)41-29/h2-3,5-10,17H,4,11-16,18H2,1H3,(H,31,37). The fourth-order valence-corrected chi connectivity index (χ4v) is 6.36. The molecule has 1 fully saturated rings. The van der Waals surface area contributed by atoms with Gasteiger partial charge in [0.1, 0.15) is 6.54 Å². The maximum Gasteiger partial charge on any atom is 0.283 e. The molecule has 1 aliphatic rings. The van der Waals surface area contributed by atoms with Crippen molar-refractivity contribution in [3.8, 4) is 5.13 Å². The van der Waals surface area contributed by atoms with E-state index < -0.39 is 0 Å². The number of rotatable bonds is 8. The summed E-state index contributed by atoms with van der Waals surface area (Å²) in [6, 6.07) is 15.8. The number of ether oxygens (including phenoxy) is 1. The molecule has 0 unspecified atom stereocenters. The number of carbonyl (C=O) groups is 1. The molecule has 10 nitrogen and oxygen atoms in total. The second-order valence-corrected chi connectivity index (χ2v) is 11.4. The number of carbonyl (C=O) groups excluding carboxylic acids is 1.